The summed E-state index contributed by atoms with van der Waals surface area (Å²) in [6.45, 7) is 1.83. The number of H-pyrrole nitrogens is 1. The molecule has 1 aromatic carbocycles. The number of nitrogens with zero attached hydrogens (tertiary/aromatic N) is 2. The van der Waals surface area contributed by atoms with E-state index in [1.807, 2.05) is 24.3 Å². The van der Waals surface area contributed by atoms with E-state index in [9.17, 15) is 9.90 Å². The fourth-order valence-electron chi connectivity index (χ4n) is 3.11. The van der Waals surface area contributed by atoms with Crippen molar-refractivity contribution in [1.29, 1.82) is 0 Å². The van der Waals surface area contributed by atoms with Crippen LogP contribution in [0.3, 0.4) is 0 Å². The number of likely N-dealkylation sites (tertiary alicyclic amines) is 1. The molecule has 2 fully saturated rings. The molecule has 2 heterocycles. The Morgan fingerprint density at radius 3 is 2.85 bits per heavy atom. The highest BCUT2D eigenvalue weighted by atomic mass is 16.3. The molecule has 0 bridgehead atoms. The number of aliphatic hydroxyl groups is 1. The van der Waals surface area contributed by atoms with E-state index in [2.05, 4.69) is 14.9 Å². The molecule has 2 aromatic rings. The fraction of sp³-hybridized carbons (Fsp3) is 0.467. The molecule has 1 saturated heterocycles. The van der Waals surface area contributed by atoms with Crippen molar-refractivity contribution in [3.63, 3.8) is 0 Å². The van der Waals surface area contributed by atoms with Gasteiger partial charge in [-0.25, -0.2) is 4.98 Å². The molecule has 0 radical (unpaired) electrons. The van der Waals surface area contributed by atoms with Gasteiger partial charge in [-0.3, -0.25) is 9.69 Å². The molecule has 0 spiro atoms. The lowest BCUT2D eigenvalue weighted by molar-refractivity contribution is -0.117. The van der Waals surface area contributed by atoms with E-state index in [0.717, 1.165) is 23.9 Å². The molecule has 0 unspecified atom stereocenters. The summed E-state index contributed by atoms with van der Waals surface area (Å²) in [5.74, 6) is 0.474. The fourth-order valence-corrected chi connectivity index (χ4v) is 3.11. The minimum atomic E-state index is -0.510. The Kier molecular flexibility index (Phi) is 2.49. The highest BCUT2D eigenvalue weighted by Crippen LogP contribution is 2.44. The van der Waals surface area contributed by atoms with Crippen molar-refractivity contribution in [1.82, 2.24) is 14.9 Å². The van der Waals surface area contributed by atoms with Crippen molar-refractivity contribution >= 4 is 11.0 Å². The van der Waals surface area contributed by atoms with Gasteiger partial charge in [0.25, 0.3) is 5.56 Å². The standard InChI is InChI=1S/C15H17N3O2/c19-14-13(16-11-3-1-2-4-12(11)17-14)7-18-8-15(20,9-18)10-5-6-10/h1-4,10,20H,5-9H2,(H,17,19). The van der Waals surface area contributed by atoms with E-state index >= 15 is 0 Å². The molecule has 1 aliphatic heterocycles. The summed E-state index contributed by atoms with van der Waals surface area (Å²) in [5.41, 5.74) is 1.45. The molecule has 0 amide bonds. The minimum Gasteiger partial charge on any atom is -0.387 e. The maximum absolute atomic E-state index is 12.0. The highest BCUT2D eigenvalue weighted by molar-refractivity contribution is 5.73. The lowest BCUT2D eigenvalue weighted by Gasteiger charge is -2.46. The maximum atomic E-state index is 12.0. The largest absolute Gasteiger partial charge is 0.387 e. The van der Waals surface area contributed by atoms with E-state index in [1.165, 1.54) is 0 Å². The van der Waals surface area contributed by atoms with Crippen molar-refractivity contribution < 1.29 is 5.11 Å². The van der Waals surface area contributed by atoms with Crippen LogP contribution in [0.5, 0.6) is 0 Å². The highest BCUT2D eigenvalue weighted by Gasteiger charge is 2.51. The summed E-state index contributed by atoms with van der Waals surface area (Å²) in [6.07, 6.45) is 2.28. The Labute approximate surface area is 116 Å². The predicted octanol–water partition coefficient (Wildman–Crippen LogP) is 0.880. The van der Waals surface area contributed by atoms with E-state index < -0.39 is 5.60 Å². The Morgan fingerprint density at radius 1 is 1.35 bits per heavy atom. The monoisotopic (exact) mass is 271 g/mol. The average Bonchev–Trinajstić information content (AvgIpc) is 3.22. The van der Waals surface area contributed by atoms with Crippen molar-refractivity contribution in [2.24, 2.45) is 5.92 Å². The second-order valence-corrected chi connectivity index (χ2v) is 6.05. The first-order valence-electron chi connectivity index (χ1n) is 7.07. The van der Waals surface area contributed by atoms with Gasteiger partial charge in [-0.05, 0) is 30.9 Å². The lowest BCUT2D eigenvalue weighted by atomic mass is 9.88. The number of aromatic amines is 1. The molecule has 2 aliphatic rings. The number of rotatable bonds is 3. The average molecular weight is 271 g/mol. The Morgan fingerprint density at radius 2 is 2.10 bits per heavy atom. The SMILES string of the molecule is O=c1[nH]c2ccccc2nc1CN1CC(O)(C2CC2)C1. The Bertz CT molecular complexity index is 714. The molecule has 20 heavy (non-hydrogen) atoms. The second-order valence-electron chi connectivity index (χ2n) is 6.05. The van der Waals surface area contributed by atoms with Gasteiger partial charge in [-0.1, -0.05) is 12.1 Å². The summed E-state index contributed by atoms with van der Waals surface area (Å²) < 4.78 is 0. The smallest absolute Gasteiger partial charge is 0.271 e. The number of fused-ring (bicyclic) bond motifs is 1. The number of benzene rings is 1. The molecule has 104 valence electrons. The summed E-state index contributed by atoms with van der Waals surface area (Å²) in [5, 5.41) is 10.3. The van der Waals surface area contributed by atoms with E-state index in [4.69, 9.17) is 0 Å². The van der Waals surface area contributed by atoms with Crippen LogP contribution in [0.2, 0.25) is 0 Å². The van der Waals surface area contributed by atoms with Crippen LogP contribution in [0.1, 0.15) is 18.5 Å². The molecular formula is C15H17N3O2. The summed E-state index contributed by atoms with van der Waals surface area (Å²) in [7, 11) is 0. The zero-order chi connectivity index (χ0) is 13.7. The molecule has 1 aliphatic carbocycles. The molecule has 4 rings (SSSR count). The van der Waals surface area contributed by atoms with Gasteiger partial charge >= 0.3 is 0 Å². The van der Waals surface area contributed by atoms with E-state index in [-0.39, 0.29) is 5.56 Å². The van der Waals surface area contributed by atoms with Gasteiger partial charge in [-0.15, -0.1) is 0 Å². The van der Waals surface area contributed by atoms with Gasteiger partial charge in [0.15, 0.2) is 0 Å². The third-order valence-corrected chi connectivity index (χ3v) is 4.38. The van der Waals surface area contributed by atoms with Gasteiger partial charge in [-0.2, -0.15) is 0 Å². The van der Waals surface area contributed by atoms with Crippen LogP contribution >= 0.6 is 0 Å². The van der Waals surface area contributed by atoms with Crippen molar-refractivity contribution in [2.75, 3.05) is 13.1 Å². The van der Waals surface area contributed by atoms with Crippen LogP contribution in [0, 0.1) is 5.92 Å². The van der Waals surface area contributed by atoms with Crippen LogP contribution in [0.4, 0.5) is 0 Å². The third kappa shape index (κ3) is 1.94. The molecule has 1 saturated carbocycles. The number of β-amino-alcohol motifs (C(OH)–C–C–N with tert-alkyl or cyclic N) is 1. The summed E-state index contributed by atoms with van der Waals surface area (Å²) in [4.78, 5) is 21.4. The Hall–Kier alpha value is -1.72. The van der Waals surface area contributed by atoms with Gasteiger partial charge in [0.2, 0.25) is 0 Å². The van der Waals surface area contributed by atoms with Crippen molar-refractivity contribution in [2.45, 2.75) is 25.0 Å². The second kappa shape index (κ2) is 4.14. The first-order valence-corrected chi connectivity index (χ1v) is 7.07. The molecule has 5 nitrogen and oxygen atoms in total. The summed E-state index contributed by atoms with van der Waals surface area (Å²) >= 11 is 0. The van der Waals surface area contributed by atoms with Crippen LogP contribution in [0.15, 0.2) is 29.1 Å². The maximum Gasteiger partial charge on any atom is 0.271 e. The van der Waals surface area contributed by atoms with E-state index in [0.29, 0.717) is 31.2 Å². The minimum absolute atomic E-state index is 0.134. The number of para-hydroxylation sites is 2. The van der Waals surface area contributed by atoms with E-state index in [1.54, 1.807) is 0 Å². The van der Waals surface area contributed by atoms with Gasteiger partial charge in [0, 0.05) is 19.6 Å². The van der Waals surface area contributed by atoms with Crippen molar-refractivity contribution in [3.8, 4) is 0 Å². The molecular weight excluding hydrogens is 254 g/mol. The zero-order valence-electron chi connectivity index (χ0n) is 11.2. The topological polar surface area (TPSA) is 69.2 Å². The van der Waals surface area contributed by atoms with Crippen LogP contribution in [-0.2, 0) is 6.54 Å². The van der Waals surface area contributed by atoms with Gasteiger partial charge in [0.05, 0.1) is 16.6 Å². The van der Waals surface area contributed by atoms with Crippen LogP contribution in [0.25, 0.3) is 11.0 Å². The number of aromatic nitrogens is 2. The Balaban J connectivity index is 1.54. The number of nitrogens with one attached hydrogen (secondary N) is 1. The first kappa shape index (κ1) is 12.1. The van der Waals surface area contributed by atoms with Crippen LogP contribution in [-0.4, -0.2) is 38.7 Å². The molecule has 1 aromatic heterocycles. The first-order chi connectivity index (χ1) is 9.64. The van der Waals surface area contributed by atoms with Crippen LogP contribution < -0.4 is 5.56 Å². The van der Waals surface area contributed by atoms with Gasteiger partial charge in [0.1, 0.15) is 5.69 Å². The molecule has 0 atom stereocenters. The molecule has 2 N–H and O–H groups in total. The predicted molar refractivity (Wildman–Crippen MR) is 75.3 cm³/mol. The summed E-state index contributed by atoms with van der Waals surface area (Å²) in [6, 6.07) is 7.53. The number of hydrogen-bond donors (Lipinski definition) is 2. The van der Waals surface area contributed by atoms with Crippen molar-refractivity contribution in [3.05, 3.63) is 40.3 Å². The lowest BCUT2D eigenvalue weighted by Crippen LogP contribution is -2.62. The normalized spacial score (nSPS) is 21.9. The quantitative estimate of drug-likeness (QED) is 0.869. The molecule has 5 heteroatoms. The third-order valence-electron chi connectivity index (χ3n) is 4.38. The number of hydrogen-bond acceptors (Lipinski definition) is 4. The van der Waals surface area contributed by atoms with Gasteiger partial charge < -0.3 is 10.1 Å². The zero-order valence-corrected chi connectivity index (χ0v) is 11.2.